The lowest BCUT2D eigenvalue weighted by Gasteiger charge is -2.05. The van der Waals surface area contributed by atoms with Gasteiger partial charge in [-0.15, -0.1) is 24.3 Å². The molecule has 0 atom stereocenters. The monoisotopic (exact) mass is 202 g/mol. The Balaban J connectivity index is 3.24. The Morgan fingerprint density at radius 1 is 1.27 bits per heavy atom. The Morgan fingerprint density at radius 2 is 1.91 bits per heavy atom. The van der Waals surface area contributed by atoms with Crippen LogP contribution in [0.1, 0.15) is 11.1 Å². The molecule has 0 heterocycles. The van der Waals surface area contributed by atoms with Gasteiger partial charge < -0.3 is 0 Å². The summed E-state index contributed by atoms with van der Waals surface area (Å²) >= 11 is 8.50. The highest BCUT2D eigenvalue weighted by Crippen LogP contribution is 2.30. The zero-order valence-corrected chi connectivity index (χ0v) is 9.06. The Labute approximate surface area is 82.0 Å². The molecule has 0 aliphatic heterocycles. The Bertz CT molecular complexity index is 268. The molecule has 0 nitrogen and oxygen atoms in total. The molecule has 0 bridgehead atoms. The summed E-state index contributed by atoms with van der Waals surface area (Å²) in [4.78, 5) is 2.24. The van der Waals surface area contributed by atoms with Gasteiger partial charge in [0.25, 0.3) is 0 Å². The summed E-state index contributed by atoms with van der Waals surface area (Å²) in [7, 11) is 1.47. The van der Waals surface area contributed by atoms with Gasteiger partial charge in [0.1, 0.15) is 0 Å². The maximum absolute atomic E-state index is 4.34. The molecule has 3 heteroatoms. The number of thiol groups is 2. The highest BCUT2D eigenvalue weighted by atomic mass is 33.1. The summed E-state index contributed by atoms with van der Waals surface area (Å²) in [6.45, 7) is 4.12. The summed E-state index contributed by atoms with van der Waals surface area (Å²) in [6, 6.07) is 4.18. The molecule has 0 saturated carbocycles. The second-order valence-electron chi connectivity index (χ2n) is 2.50. The smallest absolute Gasteiger partial charge is 0.0223 e. The van der Waals surface area contributed by atoms with Gasteiger partial charge in [0.2, 0.25) is 0 Å². The summed E-state index contributed by atoms with van der Waals surface area (Å²) < 4.78 is 0. The molecule has 1 aromatic rings. The number of rotatable bonds is 1. The quantitative estimate of drug-likeness (QED) is 0.519. The van der Waals surface area contributed by atoms with E-state index >= 15 is 0 Å². The molecule has 0 aliphatic rings. The first kappa shape index (κ1) is 9.36. The van der Waals surface area contributed by atoms with Crippen LogP contribution in [0, 0.1) is 13.8 Å². The lowest BCUT2D eigenvalue weighted by molar-refractivity contribution is 1.17. The standard InChI is InChI=1S/C8H10S3/c1-5-3-7(9)6(2)8(4-5)11-10/h3-4,9-10H,1-2H3. The third-order valence-electron chi connectivity index (χ3n) is 1.58. The molecule has 0 saturated heterocycles. The molecule has 0 fully saturated rings. The van der Waals surface area contributed by atoms with Gasteiger partial charge in [-0.2, -0.15) is 0 Å². The average Bonchev–Trinajstić information content (AvgIpc) is 1.96. The van der Waals surface area contributed by atoms with E-state index in [9.17, 15) is 0 Å². The van der Waals surface area contributed by atoms with E-state index in [0.29, 0.717) is 0 Å². The van der Waals surface area contributed by atoms with E-state index in [1.807, 2.05) is 0 Å². The Kier molecular flexibility index (Phi) is 3.22. The fraction of sp³-hybridized carbons (Fsp3) is 0.250. The molecule has 0 spiro atoms. The van der Waals surface area contributed by atoms with Crippen LogP contribution in [0.5, 0.6) is 0 Å². The van der Waals surface area contributed by atoms with E-state index in [4.69, 9.17) is 0 Å². The van der Waals surface area contributed by atoms with Crippen molar-refractivity contribution in [2.45, 2.75) is 23.6 Å². The lowest BCUT2D eigenvalue weighted by Crippen LogP contribution is -1.82. The van der Waals surface area contributed by atoms with Crippen LogP contribution >= 0.6 is 35.1 Å². The van der Waals surface area contributed by atoms with Crippen molar-refractivity contribution in [3.8, 4) is 0 Å². The Morgan fingerprint density at radius 3 is 2.45 bits per heavy atom. The molecule has 11 heavy (non-hydrogen) atoms. The summed E-state index contributed by atoms with van der Waals surface area (Å²) in [5.41, 5.74) is 2.44. The summed E-state index contributed by atoms with van der Waals surface area (Å²) in [6.07, 6.45) is 0. The predicted molar refractivity (Wildman–Crippen MR) is 58.0 cm³/mol. The molecule has 0 radical (unpaired) electrons. The van der Waals surface area contributed by atoms with Crippen molar-refractivity contribution in [2.24, 2.45) is 0 Å². The highest BCUT2D eigenvalue weighted by molar-refractivity contribution is 8.68. The number of hydrogen-bond acceptors (Lipinski definition) is 3. The topological polar surface area (TPSA) is 0 Å². The van der Waals surface area contributed by atoms with Crippen molar-refractivity contribution in [3.05, 3.63) is 23.3 Å². The normalized spacial score (nSPS) is 10.2. The third-order valence-corrected chi connectivity index (χ3v) is 3.25. The first-order chi connectivity index (χ1) is 5.15. The van der Waals surface area contributed by atoms with E-state index in [0.717, 1.165) is 4.90 Å². The van der Waals surface area contributed by atoms with Crippen LogP contribution in [0.3, 0.4) is 0 Å². The third kappa shape index (κ3) is 2.10. The van der Waals surface area contributed by atoms with Crippen molar-refractivity contribution < 1.29 is 0 Å². The van der Waals surface area contributed by atoms with Crippen molar-refractivity contribution in [3.63, 3.8) is 0 Å². The van der Waals surface area contributed by atoms with Crippen LogP contribution in [0.4, 0.5) is 0 Å². The zero-order chi connectivity index (χ0) is 8.43. The fourth-order valence-corrected chi connectivity index (χ4v) is 2.36. The molecule has 60 valence electrons. The van der Waals surface area contributed by atoms with Gasteiger partial charge in [-0.3, -0.25) is 0 Å². The van der Waals surface area contributed by atoms with Crippen LogP contribution in [0.15, 0.2) is 21.9 Å². The molecule has 0 N–H and O–H groups in total. The van der Waals surface area contributed by atoms with Crippen LogP contribution in [-0.4, -0.2) is 0 Å². The van der Waals surface area contributed by atoms with Gasteiger partial charge in [-0.05, 0) is 37.1 Å². The van der Waals surface area contributed by atoms with Gasteiger partial charge in [0.15, 0.2) is 0 Å². The van der Waals surface area contributed by atoms with E-state index in [1.165, 1.54) is 26.8 Å². The molecule has 0 aromatic heterocycles. The number of hydrogen-bond donors (Lipinski definition) is 2. The van der Waals surface area contributed by atoms with Gasteiger partial charge in [-0.25, -0.2) is 0 Å². The molecular formula is C8H10S3. The second kappa shape index (κ2) is 3.78. The molecule has 0 amide bonds. The average molecular weight is 202 g/mol. The van der Waals surface area contributed by atoms with Gasteiger partial charge in [0.05, 0.1) is 0 Å². The van der Waals surface area contributed by atoms with Crippen LogP contribution < -0.4 is 0 Å². The van der Waals surface area contributed by atoms with Gasteiger partial charge >= 0.3 is 0 Å². The fourth-order valence-electron chi connectivity index (χ4n) is 0.902. The highest BCUT2D eigenvalue weighted by Gasteiger charge is 2.01. The molecule has 0 unspecified atom stereocenters. The first-order valence-corrected chi connectivity index (χ1v) is 5.58. The maximum Gasteiger partial charge on any atom is 0.0223 e. The number of benzene rings is 1. The minimum Gasteiger partial charge on any atom is -0.143 e. The molecule has 1 rings (SSSR count). The minimum absolute atomic E-state index is 1.04. The molecule has 1 aromatic carbocycles. The largest absolute Gasteiger partial charge is 0.143 e. The van der Waals surface area contributed by atoms with Crippen molar-refractivity contribution in [2.75, 3.05) is 0 Å². The van der Waals surface area contributed by atoms with E-state index in [1.54, 1.807) is 0 Å². The van der Waals surface area contributed by atoms with Gasteiger partial charge in [0, 0.05) is 9.79 Å². The zero-order valence-electron chi connectivity index (χ0n) is 6.46. The SMILES string of the molecule is Cc1cc(S)c(C)c(SS)c1. The predicted octanol–water partition coefficient (Wildman–Crippen LogP) is 3.53. The summed E-state index contributed by atoms with van der Waals surface area (Å²) in [5.74, 6) is 0. The lowest BCUT2D eigenvalue weighted by atomic mass is 10.2. The molecule has 0 aliphatic carbocycles. The van der Waals surface area contributed by atoms with Gasteiger partial charge in [-0.1, -0.05) is 10.8 Å². The van der Waals surface area contributed by atoms with Crippen molar-refractivity contribution in [1.29, 1.82) is 0 Å². The van der Waals surface area contributed by atoms with Crippen LogP contribution in [0.25, 0.3) is 0 Å². The van der Waals surface area contributed by atoms with Crippen LogP contribution in [-0.2, 0) is 0 Å². The van der Waals surface area contributed by atoms with Crippen LogP contribution in [0.2, 0.25) is 0 Å². The molecular weight excluding hydrogens is 192 g/mol. The minimum atomic E-state index is 1.04. The second-order valence-corrected chi connectivity index (χ2v) is 4.15. The van der Waals surface area contributed by atoms with Crippen molar-refractivity contribution in [1.82, 2.24) is 0 Å². The summed E-state index contributed by atoms with van der Waals surface area (Å²) in [5, 5.41) is 0. The van der Waals surface area contributed by atoms with E-state index < -0.39 is 0 Å². The van der Waals surface area contributed by atoms with E-state index in [-0.39, 0.29) is 0 Å². The first-order valence-electron chi connectivity index (χ1n) is 3.27. The van der Waals surface area contributed by atoms with E-state index in [2.05, 4.69) is 50.3 Å². The van der Waals surface area contributed by atoms with Crippen molar-refractivity contribution >= 4 is 35.1 Å². The maximum atomic E-state index is 4.34. The number of aryl methyl sites for hydroxylation is 1. The Hall–Kier alpha value is 0.270.